The van der Waals surface area contributed by atoms with Gasteiger partial charge in [0.05, 0.1) is 40.7 Å². The van der Waals surface area contributed by atoms with Gasteiger partial charge in [0.15, 0.2) is 0 Å². The van der Waals surface area contributed by atoms with Crippen LogP contribution >= 0.6 is 0 Å². The Bertz CT molecular complexity index is 1840. The summed E-state index contributed by atoms with van der Waals surface area (Å²) in [7, 11) is -3.68. The van der Waals surface area contributed by atoms with Crippen LogP contribution < -0.4 is 4.90 Å². The second-order valence-corrected chi connectivity index (χ2v) is 12.4. The molecule has 43 heavy (non-hydrogen) atoms. The van der Waals surface area contributed by atoms with Crippen LogP contribution in [-0.4, -0.2) is 62.9 Å². The van der Waals surface area contributed by atoms with Crippen molar-refractivity contribution in [2.45, 2.75) is 18.7 Å². The molecule has 1 saturated heterocycles. The third-order valence-electron chi connectivity index (χ3n) is 7.97. The third kappa shape index (κ3) is 5.61. The Balaban J connectivity index is 1.55. The van der Waals surface area contributed by atoms with E-state index in [2.05, 4.69) is 65.8 Å². The number of aliphatic imine (C=N–C) groups is 1. The van der Waals surface area contributed by atoms with E-state index in [4.69, 9.17) is 9.73 Å². The third-order valence-corrected chi connectivity index (χ3v) is 9.86. The Labute approximate surface area is 253 Å². The van der Waals surface area contributed by atoms with E-state index in [0.717, 1.165) is 52.2 Å². The van der Waals surface area contributed by atoms with Crippen LogP contribution in [0.25, 0.3) is 27.8 Å². The number of hydrogen-bond acceptors (Lipinski definition) is 5. The fourth-order valence-electron chi connectivity index (χ4n) is 5.79. The number of ether oxygens (including phenoxy) is 1. The Morgan fingerprint density at radius 2 is 1.49 bits per heavy atom. The second kappa shape index (κ2) is 12.6. The number of para-hydroxylation sites is 2. The summed E-state index contributed by atoms with van der Waals surface area (Å²) in [5, 5.41) is 1.07. The monoisotopic (exact) mass is 592 g/mol. The zero-order valence-corrected chi connectivity index (χ0v) is 25.4. The molecule has 220 valence electrons. The predicted molar refractivity (Wildman–Crippen MR) is 176 cm³/mol. The number of hydrogen-bond donors (Lipinski definition) is 0. The first-order valence-corrected chi connectivity index (χ1v) is 16.2. The van der Waals surface area contributed by atoms with Crippen LogP contribution in [0.2, 0.25) is 0 Å². The van der Waals surface area contributed by atoms with Crippen LogP contribution in [0.4, 0.5) is 11.4 Å². The number of morpholine rings is 1. The van der Waals surface area contributed by atoms with E-state index in [1.54, 1.807) is 12.1 Å². The van der Waals surface area contributed by atoms with Crippen molar-refractivity contribution in [1.82, 2.24) is 8.87 Å². The maximum atomic E-state index is 13.6. The molecule has 0 bridgehead atoms. The van der Waals surface area contributed by atoms with E-state index in [1.165, 1.54) is 4.31 Å². The zero-order chi connectivity index (χ0) is 29.8. The summed E-state index contributed by atoms with van der Waals surface area (Å²) in [5.41, 5.74) is 6.71. The molecule has 0 unspecified atom stereocenters. The fraction of sp³-hybridized carbons (Fsp3) is 0.229. The van der Waals surface area contributed by atoms with Crippen molar-refractivity contribution < 1.29 is 13.2 Å². The number of nitrogens with zero attached hydrogens (tertiary/aromatic N) is 4. The molecule has 0 spiro atoms. The second-order valence-electron chi connectivity index (χ2n) is 10.4. The largest absolute Gasteiger partial charge is 0.379 e. The highest BCUT2D eigenvalue weighted by Crippen LogP contribution is 2.37. The van der Waals surface area contributed by atoms with Crippen LogP contribution in [0.3, 0.4) is 0 Å². The van der Waals surface area contributed by atoms with Gasteiger partial charge < -0.3 is 14.2 Å². The van der Waals surface area contributed by atoms with Gasteiger partial charge in [-0.2, -0.15) is 4.31 Å². The van der Waals surface area contributed by atoms with E-state index in [1.807, 2.05) is 54.7 Å². The summed E-state index contributed by atoms with van der Waals surface area (Å²) in [6, 6.07) is 34.3. The lowest BCUT2D eigenvalue weighted by Crippen LogP contribution is -2.40. The number of anilines is 1. The molecule has 1 aliphatic heterocycles. The molecule has 8 heteroatoms. The van der Waals surface area contributed by atoms with Crippen LogP contribution in [0.5, 0.6) is 0 Å². The molecule has 0 aliphatic carbocycles. The molecule has 0 atom stereocenters. The van der Waals surface area contributed by atoms with Crippen LogP contribution in [0.1, 0.15) is 19.4 Å². The summed E-state index contributed by atoms with van der Waals surface area (Å²) in [6.45, 7) is 7.22. The summed E-state index contributed by atoms with van der Waals surface area (Å²) >= 11 is 0. The SMILES string of the molecule is CCN(CC)c1ccc(S(=O)(=O)N2CCOCC2)cc1N=Cc1c(-c2ccccc2)n(-c2ccccc2)c2ccccc12. The highest BCUT2D eigenvalue weighted by Gasteiger charge is 2.27. The first-order chi connectivity index (χ1) is 21.0. The quantitative estimate of drug-likeness (QED) is 0.174. The lowest BCUT2D eigenvalue weighted by Gasteiger charge is -2.27. The molecule has 4 aromatic carbocycles. The van der Waals surface area contributed by atoms with Crippen molar-refractivity contribution in [3.05, 3.63) is 109 Å². The van der Waals surface area contributed by atoms with Crippen molar-refractivity contribution in [2.24, 2.45) is 4.99 Å². The minimum Gasteiger partial charge on any atom is -0.379 e. The lowest BCUT2D eigenvalue weighted by molar-refractivity contribution is 0.0730. The summed E-state index contributed by atoms with van der Waals surface area (Å²) < 4.78 is 36.4. The molecular weight excluding hydrogens is 556 g/mol. The molecule has 7 nitrogen and oxygen atoms in total. The van der Waals surface area contributed by atoms with Gasteiger partial charge in [0.2, 0.25) is 10.0 Å². The minimum atomic E-state index is -3.68. The molecule has 0 N–H and O–H groups in total. The first-order valence-electron chi connectivity index (χ1n) is 14.8. The average Bonchev–Trinajstić information content (AvgIpc) is 3.40. The Kier molecular flexibility index (Phi) is 8.42. The van der Waals surface area contributed by atoms with E-state index in [0.29, 0.717) is 32.0 Å². The fourth-order valence-corrected chi connectivity index (χ4v) is 7.22. The highest BCUT2D eigenvalue weighted by molar-refractivity contribution is 7.89. The average molecular weight is 593 g/mol. The molecule has 2 heterocycles. The van der Waals surface area contributed by atoms with E-state index in [9.17, 15) is 8.42 Å². The lowest BCUT2D eigenvalue weighted by atomic mass is 10.1. The summed E-state index contributed by atoms with van der Waals surface area (Å²) in [5.74, 6) is 0. The molecule has 1 aliphatic rings. The molecule has 0 saturated carbocycles. The van der Waals surface area contributed by atoms with E-state index in [-0.39, 0.29) is 4.90 Å². The van der Waals surface area contributed by atoms with Gasteiger partial charge in [-0.1, -0.05) is 66.7 Å². The molecular formula is C35H36N4O3S. The smallest absolute Gasteiger partial charge is 0.243 e. The summed E-state index contributed by atoms with van der Waals surface area (Å²) in [6.07, 6.45) is 1.90. The topological polar surface area (TPSA) is 67.1 Å². The van der Waals surface area contributed by atoms with Gasteiger partial charge in [-0.15, -0.1) is 0 Å². The molecule has 6 rings (SSSR count). The van der Waals surface area contributed by atoms with Gasteiger partial charge in [0, 0.05) is 49.0 Å². The Morgan fingerprint density at radius 3 is 2.19 bits per heavy atom. The van der Waals surface area contributed by atoms with Crippen molar-refractivity contribution in [2.75, 3.05) is 44.3 Å². The van der Waals surface area contributed by atoms with Gasteiger partial charge in [-0.05, 0) is 55.8 Å². The van der Waals surface area contributed by atoms with Crippen molar-refractivity contribution in [3.63, 3.8) is 0 Å². The van der Waals surface area contributed by atoms with Gasteiger partial charge in [-0.3, -0.25) is 4.99 Å². The number of aromatic nitrogens is 1. The van der Waals surface area contributed by atoms with Gasteiger partial charge in [0.1, 0.15) is 0 Å². The predicted octanol–water partition coefficient (Wildman–Crippen LogP) is 6.92. The summed E-state index contributed by atoms with van der Waals surface area (Å²) in [4.78, 5) is 7.51. The number of sulfonamides is 1. The number of rotatable bonds is 9. The Morgan fingerprint density at radius 1 is 0.837 bits per heavy atom. The number of fused-ring (bicyclic) bond motifs is 1. The van der Waals surface area contributed by atoms with E-state index < -0.39 is 10.0 Å². The van der Waals surface area contributed by atoms with Gasteiger partial charge in [0.25, 0.3) is 0 Å². The molecule has 0 radical (unpaired) electrons. The standard InChI is InChI=1S/C35H36N4O3S/c1-3-37(4-2)34-20-19-29(43(40,41)38-21-23-42-24-22-38)25-32(34)36-26-31-30-17-11-12-18-33(30)39(28-15-9-6-10-16-28)35(31)27-13-7-5-8-14-27/h5-20,25-26H,3-4,21-24H2,1-2H3. The first kappa shape index (κ1) is 28.9. The zero-order valence-electron chi connectivity index (χ0n) is 24.6. The van der Waals surface area contributed by atoms with Crippen LogP contribution in [0.15, 0.2) is 113 Å². The highest BCUT2D eigenvalue weighted by atomic mass is 32.2. The maximum Gasteiger partial charge on any atom is 0.243 e. The van der Waals surface area contributed by atoms with Crippen LogP contribution in [-0.2, 0) is 14.8 Å². The van der Waals surface area contributed by atoms with Crippen LogP contribution in [0, 0.1) is 0 Å². The van der Waals surface area contributed by atoms with Crippen molar-refractivity contribution in [1.29, 1.82) is 0 Å². The van der Waals surface area contributed by atoms with Gasteiger partial charge in [-0.25, -0.2) is 8.42 Å². The maximum absolute atomic E-state index is 13.6. The molecule has 5 aromatic rings. The van der Waals surface area contributed by atoms with Gasteiger partial charge >= 0.3 is 0 Å². The minimum absolute atomic E-state index is 0.243. The molecule has 1 fully saturated rings. The normalized spacial score (nSPS) is 14.5. The molecule has 0 amide bonds. The van der Waals surface area contributed by atoms with Crippen molar-refractivity contribution in [3.8, 4) is 16.9 Å². The number of benzene rings is 4. The molecule has 1 aromatic heterocycles. The Hall–Kier alpha value is -4.24. The van der Waals surface area contributed by atoms with Crippen molar-refractivity contribution >= 4 is 38.5 Å². The van der Waals surface area contributed by atoms with E-state index >= 15 is 0 Å².